The molecule has 3 aromatic rings. The predicted octanol–water partition coefficient (Wildman–Crippen LogP) is 3.41. The Hall–Kier alpha value is -2.96. The zero-order valence-electron chi connectivity index (χ0n) is 17.5. The van der Waals surface area contributed by atoms with Crippen molar-refractivity contribution >= 4 is 15.7 Å². The van der Waals surface area contributed by atoms with Crippen LogP contribution in [0.5, 0.6) is 0 Å². The van der Waals surface area contributed by atoms with E-state index in [9.17, 15) is 18.3 Å². The summed E-state index contributed by atoms with van der Waals surface area (Å²) in [5, 5.41) is 12.6. The summed E-state index contributed by atoms with van der Waals surface area (Å²) in [6.07, 6.45) is 2.76. The summed E-state index contributed by atoms with van der Waals surface area (Å²) >= 11 is 0. The molecule has 1 amide bonds. The number of benzene rings is 3. The lowest BCUT2D eigenvalue weighted by Gasteiger charge is -2.17. The minimum absolute atomic E-state index is 0.0783. The molecule has 0 aliphatic carbocycles. The second-order valence-corrected chi connectivity index (χ2v) is 9.65. The van der Waals surface area contributed by atoms with Crippen molar-refractivity contribution in [1.82, 2.24) is 5.32 Å². The van der Waals surface area contributed by atoms with Gasteiger partial charge in [-0.15, -0.1) is 0 Å². The molecule has 2 N–H and O–H groups in total. The smallest absolute Gasteiger partial charge is 0.220 e. The summed E-state index contributed by atoms with van der Waals surface area (Å²) in [4.78, 5) is 12.5. The Balaban J connectivity index is 1.56. The van der Waals surface area contributed by atoms with Crippen LogP contribution in [0.2, 0.25) is 0 Å². The van der Waals surface area contributed by atoms with Gasteiger partial charge in [0, 0.05) is 12.7 Å². The van der Waals surface area contributed by atoms with Crippen LogP contribution in [0.3, 0.4) is 0 Å². The fourth-order valence-corrected chi connectivity index (χ4v) is 4.01. The van der Waals surface area contributed by atoms with Crippen LogP contribution in [0, 0.1) is 0 Å². The number of aliphatic hydroxyl groups is 1. The first-order chi connectivity index (χ1) is 14.8. The van der Waals surface area contributed by atoms with Gasteiger partial charge in [-0.05, 0) is 47.2 Å². The molecular weight excluding hydrogens is 410 g/mol. The molecule has 0 heterocycles. The number of amides is 1. The highest BCUT2D eigenvalue weighted by molar-refractivity contribution is 7.90. The fraction of sp³-hybridized carbons (Fsp3) is 0.240. The lowest BCUT2D eigenvalue weighted by atomic mass is 10.0. The lowest BCUT2D eigenvalue weighted by Crippen LogP contribution is -2.39. The van der Waals surface area contributed by atoms with Crippen LogP contribution < -0.4 is 5.32 Å². The quantitative estimate of drug-likeness (QED) is 0.537. The van der Waals surface area contributed by atoms with Crippen molar-refractivity contribution in [2.24, 2.45) is 0 Å². The van der Waals surface area contributed by atoms with Gasteiger partial charge in [-0.2, -0.15) is 0 Å². The molecule has 0 unspecified atom stereocenters. The maximum absolute atomic E-state index is 12.2. The van der Waals surface area contributed by atoms with Crippen molar-refractivity contribution in [1.29, 1.82) is 0 Å². The van der Waals surface area contributed by atoms with Gasteiger partial charge in [-0.25, -0.2) is 8.42 Å². The predicted molar refractivity (Wildman–Crippen MR) is 122 cm³/mol. The summed E-state index contributed by atoms with van der Waals surface area (Å²) in [6.45, 7) is -0.133. The topological polar surface area (TPSA) is 83.5 Å². The van der Waals surface area contributed by atoms with Crippen molar-refractivity contribution < 1.29 is 18.3 Å². The van der Waals surface area contributed by atoms with Gasteiger partial charge >= 0.3 is 0 Å². The number of aliphatic hydroxyl groups excluding tert-OH is 1. The molecule has 5 nitrogen and oxygen atoms in total. The van der Waals surface area contributed by atoms with E-state index in [4.69, 9.17) is 0 Å². The van der Waals surface area contributed by atoms with Crippen LogP contribution in [-0.4, -0.2) is 38.3 Å². The molecule has 6 heteroatoms. The largest absolute Gasteiger partial charge is 0.394 e. The van der Waals surface area contributed by atoms with Crippen LogP contribution in [0.25, 0.3) is 11.1 Å². The van der Waals surface area contributed by atoms with Gasteiger partial charge in [0.1, 0.15) is 0 Å². The van der Waals surface area contributed by atoms with Crippen molar-refractivity contribution in [2.75, 3.05) is 12.9 Å². The van der Waals surface area contributed by atoms with Crippen LogP contribution in [0.4, 0.5) is 0 Å². The zero-order valence-corrected chi connectivity index (χ0v) is 18.3. The molecule has 162 valence electrons. The molecule has 0 aliphatic heterocycles. The number of aryl methyl sites for hydroxylation is 1. The average molecular weight is 438 g/mol. The minimum Gasteiger partial charge on any atom is -0.394 e. The van der Waals surface area contributed by atoms with Crippen LogP contribution in [0.1, 0.15) is 17.5 Å². The first kappa shape index (κ1) is 22.7. The zero-order chi connectivity index (χ0) is 22.3. The number of carbonyl (C=O) groups excluding carboxylic acids is 1. The summed E-state index contributed by atoms with van der Waals surface area (Å²) in [5.41, 5.74) is 4.00. The Kier molecular flexibility index (Phi) is 7.60. The molecule has 3 aromatic carbocycles. The standard InChI is InChI=1S/C25H27NO4S/c1-31(29,30)24-14-12-22(13-15-24)21-10-7-20(8-11-21)17-23(18-27)26-25(28)16-9-19-5-3-2-4-6-19/h2-8,10-15,23,27H,9,16-18H2,1H3,(H,26,28)/t23-/m0/s1. The first-order valence-electron chi connectivity index (χ1n) is 10.2. The molecule has 0 aliphatic rings. The monoisotopic (exact) mass is 437 g/mol. The van der Waals surface area contributed by atoms with Crippen molar-refractivity contribution in [3.63, 3.8) is 0 Å². The number of nitrogens with one attached hydrogen (secondary N) is 1. The Bertz CT molecular complexity index is 1090. The Morgan fingerprint density at radius 3 is 2.00 bits per heavy atom. The van der Waals surface area contributed by atoms with Gasteiger partial charge in [0.15, 0.2) is 9.84 Å². The van der Waals surface area contributed by atoms with Crippen molar-refractivity contribution in [3.05, 3.63) is 90.0 Å². The van der Waals surface area contributed by atoms with Crippen LogP contribution in [0.15, 0.2) is 83.8 Å². The molecule has 3 rings (SSSR count). The van der Waals surface area contributed by atoms with E-state index in [0.29, 0.717) is 24.2 Å². The first-order valence-corrected chi connectivity index (χ1v) is 12.1. The molecule has 1 atom stereocenters. The third-order valence-corrected chi connectivity index (χ3v) is 6.25. The molecule has 0 saturated heterocycles. The summed E-state index contributed by atoms with van der Waals surface area (Å²) < 4.78 is 23.2. The molecule has 0 spiro atoms. The van der Waals surface area contributed by atoms with Crippen LogP contribution in [-0.2, 0) is 27.5 Å². The lowest BCUT2D eigenvalue weighted by molar-refractivity contribution is -0.122. The summed E-state index contributed by atoms with van der Waals surface area (Å²) in [7, 11) is -3.21. The SMILES string of the molecule is CS(=O)(=O)c1ccc(-c2ccc(C[C@@H](CO)NC(=O)CCc3ccccc3)cc2)cc1. The number of rotatable bonds is 9. The number of sulfone groups is 1. The molecule has 0 saturated carbocycles. The molecule has 0 bridgehead atoms. The van der Waals surface area contributed by atoms with Gasteiger partial charge in [-0.3, -0.25) is 4.79 Å². The third kappa shape index (κ3) is 6.77. The molecule has 31 heavy (non-hydrogen) atoms. The normalized spacial score (nSPS) is 12.3. The average Bonchev–Trinajstić information content (AvgIpc) is 2.78. The summed E-state index contributed by atoms with van der Waals surface area (Å²) in [6, 6.07) is 24.1. The number of hydrogen-bond donors (Lipinski definition) is 2. The molecule has 0 aromatic heterocycles. The van der Waals surface area contributed by atoms with Gasteiger partial charge in [0.25, 0.3) is 0 Å². The van der Waals surface area contributed by atoms with E-state index in [1.54, 1.807) is 24.3 Å². The Morgan fingerprint density at radius 2 is 1.45 bits per heavy atom. The second kappa shape index (κ2) is 10.4. The highest BCUT2D eigenvalue weighted by Gasteiger charge is 2.13. The second-order valence-electron chi connectivity index (χ2n) is 7.63. The van der Waals surface area contributed by atoms with E-state index in [1.807, 2.05) is 54.6 Å². The van der Waals surface area contributed by atoms with E-state index < -0.39 is 9.84 Å². The maximum Gasteiger partial charge on any atom is 0.220 e. The Labute approximate surface area is 183 Å². The number of carbonyl (C=O) groups is 1. The van der Waals surface area contributed by atoms with Crippen molar-refractivity contribution in [2.45, 2.75) is 30.2 Å². The van der Waals surface area contributed by atoms with E-state index in [2.05, 4.69) is 5.32 Å². The maximum atomic E-state index is 12.2. The molecule has 0 fully saturated rings. The highest BCUT2D eigenvalue weighted by atomic mass is 32.2. The minimum atomic E-state index is -3.21. The fourth-order valence-electron chi connectivity index (χ4n) is 3.38. The van der Waals surface area contributed by atoms with Crippen LogP contribution >= 0.6 is 0 Å². The van der Waals surface area contributed by atoms with Gasteiger partial charge in [0.2, 0.25) is 5.91 Å². The van der Waals surface area contributed by atoms with E-state index in [0.717, 1.165) is 22.3 Å². The summed E-state index contributed by atoms with van der Waals surface area (Å²) in [5.74, 6) is -0.0783. The molecule has 0 radical (unpaired) electrons. The van der Waals surface area contributed by atoms with E-state index in [-0.39, 0.29) is 18.6 Å². The van der Waals surface area contributed by atoms with Gasteiger partial charge < -0.3 is 10.4 Å². The van der Waals surface area contributed by atoms with Gasteiger partial charge in [0.05, 0.1) is 17.5 Å². The van der Waals surface area contributed by atoms with Gasteiger partial charge in [-0.1, -0.05) is 66.7 Å². The Morgan fingerprint density at radius 1 is 0.871 bits per heavy atom. The van der Waals surface area contributed by atoms with E-state index in [1.165, 1.54) is 6.26 Å². The molecular formula is C25H27NO4S. The number of hydrogen-bond acceptors (Lipinski definition) is 4. The third-order valence-electron chi connectivity index (χ3n) is 5.12. The van der Waals surface area contributed by atoms with Crippen molar-refractivity contribution in [3.8, 4) is 11.1 Å². The van der Waals surface area contributed by atoms with E-state index >= 15 is 0 Å². The highest BCUT2D eigenvalue weighted by Crippen LogP contribution is 2.22.